The van der Waals surface area contributed by atoms with Crippen LogP contribution in [0.2, 0.25) is 0 Å². The van der Waals surface area contributed by atoms with Gasteiger partial charge >= 0.3 is 5.97 Å². The molecule has 538 valence electrons. The summed E-state index contributed by atoms with van der Waals surface area (Å²) in [6.45, 7) is 4.33. The molecule has 0 aromatic rings. The summed E-state index contributed by atoms with van der Waals surface area (Å²) >= 11 is 0. The van der Waals surface area contributed by atoms with E-state index < -0.39 is 49.5 Å². The van der Waals surface area contributed by atoms with Crippen molar-refractivity contribution in [2.75, 3.05) is 19.8 Å². The lowest BCUT2D eigenvalue weighted by molar-refractivity contribution is -0.302. The van der Waals surface area contributed by atoms with Gasteiger partial charge in [-0.15, -0.1) is 0 Å². The molecule has 0 radical (unpaired) electrons. The highest BCUT2D eigenvalue weighted by molar-refractivity contribution is 5.76. The first-order chi connectivity index (χ1) is 45.2. The SMILES string of the molecule is CCCCCCC/C=C\CCCCCCCC(=O)OCCCCCCCCCCCCCCCCC/C=C\C/C=C\CCCCCCCCCCCCCCCCCCCC(=O)NC(COC1OC(CO)C(O)C(O)C1O)C(O)/C=C/CC/C=C/CCCCCCC. The number of aliphatic hydroxyl groups excluding tert-OH is 5. The van der Waals surface area contributed by atoms with Crippen molar-refractivity contribution in [3.63, 3.8) is 0 Å². The Hall–Kier alpha value is -2.64. The molecule has 0 aliphatic carbocycles. The van der Waals surface area contributed by atoms with E-state index in [1.165, 1.54) is 289 Å². The first-order valence-electron chi connectivity index (χ1n) is 39.6. The Morgan fingerprint density at radius 3 is 1.14 bits per heavy atom. The van der Waals surface area contributed by atoms with E-state index in [-0.39, 0.29) is 18.5 Å². The van der Waals surface area contributed by atoms with Crippen molar-refractivity contribution in [1.82, 2.24) is 5.32 Å². The minimum absolute atomic E-state index is 0.00597. The van der Waals surface area contributed by atoms with Crippen molar-refractivity contribution in [2.45, 2.75) is 423 Å². The van der Waals surface area contributed by atoms with E-state index in [0.717, 1.165) is 64.2 Å². The molecule has 6 N–H and O–H groups in total. The summed E-state index contributed by atoms with van der Waals surface area (Å²) in [5.41, 5.74) is 0. The molecule has 0 aromatic heterocycles. The molecule has 1 amide bonds. The molecule has 7 atom stereocenters. The number of amides is 1. The Morgan fingerprint density at radius 2 is 0.739 bits per heavy atom. The zero-order chi connectivity index (χ0) is 66.5. The van der Waals surface area contributed by atoms with Gasteiger partial charge in [0.2, 0.25) is 5.91 Å². The van der Waals surface area contributed by atoms with Crippen LogP contribution >= 0.6 is 0 Å². The van der Waals surface area contributed by atoms with Crippen molar-refractivity contribution in [2.24, 2.45) is 0 Å². The molecule has 1 aliphatic rings. The molecule has 1 heterocycles. The van der Waals surface area contributed by atoms with Crippen LogP contribution in [0.5, 0.6) is 0 Å². The van der Waals surface area contributed by atoms with Gasteiger partial charge in [0.1, 0.15) is 24.4 Å². The van der Waals surface area contributed by atoms with Crippen molar-refractivity contribution in [1.29, 1.82) is 0 Å². The van der Waals surface area contributed by atoms with Crippen LogP contribution in [-0.4, -0.2) is 100 Å². The van der Waals surface area contributed by atoms with E-state index >= 15 is 0 Å². The number of carbonyl (C=O) groups excluding carboxylic acids is 2. The molecule has 1 saturated heterocycles. The molecule has 11 heteroatoms. The number of aliphatic hydroxyl groups is 5. The standard InChI is InChI=1S/C81H149NO10/c1-3-5-7-9-11-13-15-16-45-49-53-57-61-65-69-77(86)90-70-66-62-58-54-50-46-43-41-39-37-35-33-31-29-27-25-23-21-19-17-18-20-22-24-26-28-30-32-34-36-38-40-42-44-48-52-56-60-64-68-76(85)82-73(72-91-81-80(89)79(88)78(87)75(71-83)92-81)74(84)67-63-59-55-51-47-14-12-10-8-6-4-2/h15-18,21,23,47,51,63,67,73-75,78-81,83-84,87-89H,3-14,19-20,22,24-46,48-50,52-62,64-66,68-72H2,1-2H3,(H,82,85)/b16-15-,18-17-,23-21-,51-47+,67-63+. The monoisotopic (exact) mass is 1300 g/mol. The highest BCUT2D eigenvalue weighted by atomic mass is 16.7. The van der Waals surface area contributed by atoms with Gasteiger partial charge in [-0.25, -0.2) is 0 Å². The van der Waals surface area contributed by atoms with Crippen LogP contribution in [0, 0.1) is 0 Å². The average molecular weight is 1300 g/mol. The third-order valence-corrected chi connectivity index (χ3v) is 18.6. The van der Waals surface area contributed by atoms with Gasteiger partial charge in [0.25, 0.3) is 0 Å². The first kappa shape index (κ1) is 87.4. The zero-order valence-corrected chi connectivity index (χ0v) is 60.0. The second-order valence-electron chi connectivity index (χ2n) is 27.4. The van der Waals surface area contributed by atoms with Crippen LogP contribution in [0.25, 0.3) is 0 Å². The summed E-state index contributed by atoms with van der Waals surface area (Å²) in [5, 5.41) is 54.4. The fraction of sp³-hybridized carbons (Fsp3) is 0.852. The summed E-state index contributed by atoms with van der Waals surface area (Å²) in [4.78, 5) is 25.1. The Morgan fingerprint density at radius 1 is 0.402 bits per heavy atom. The number of rotatable bonds is 70. The van der Waals surface area contributed by atoms with Gasteiger partial charge in [0, 0.05) is 12.8 Å². The van der Waals surface area contributed by atoms with Crippen molar-refractivity contribution < 1.29 is 49.3 Å². The molecule has 0 bridgehead atoms. The van der Waals surface area contributed by atoms with Gasteiger partial charge in [0.05, 0.1) is 32.0 Å². The van der Waals surface area contributed by atoms with E-state index in [1.807, 2.05) is 6.08 Å². The van der Waals surface area contributed by atoms with E-state index in [4.69, 9.17) is 14.2 Å². The third kappa shape index (κ3) is 57.6. The lowest BCUT2D eigenvalue weighted by Gasteiger charge is -2.40. The zero-order valence-electron chi connectivity index (χ0n) is 60.0. The number of hydrogen-bond donors (Lipinski definition) is 6. The van der Waals surface area contributed by atoms with Crippen molar-refractivity contribution in [3.8, 4) is 0 Å². The van der Waals surface area contributed by atoms with Crippen molar-refractivity contribution in [3.05, 3.63) is 60.8 Å². The van der Waals surface area contributed by atoms with Gasteiger partial charge in [-0.3, -0.25) is 9.59 Å². The number of ether oxygens (including phenoxy) is 3. The summed E-state index contributed by atoms with van der Waals surface area (Å²) < 4.78 is 16.7. The Labute approximate surface area is 567 Å². The van der Waals surface area contributed by atoms with Gasteiger partial charge < -0.3 is 45.1 Å². The Kier molecular flexibility index (Phi) is 66.2. The number of nitrogens with one attached hydrogen (secondary N) is 1. The molecule has 1 rings (SSSR count). The van der Waals surface area contributed by atoms with Crippen LogP contribution in [-0.2, 0) is 23.8 Å². The van der Waals surface area contributed by atoms with E-state index in [2.05, 4.69) is 67.8 Å². The summed E-state index contributed by atoms with van der Waals surface area (Å²) in [5.74, 6) is -0.183. The number of unbranched alkanes of at least 4 members (excludes halogenated alkanes) is 48. The van der Waals surface area contributed by atoms with Gasteiger partial charge in [-0.2, -0.15) is 0 Å². The quantitative estimate of drug-likeness (QED) is 0.0195. The molecule has 92 heavy (non-hydrogen) atoms. The number of hydrogen-bond acceptors (Lipinski definition) is 10. The molecule has 1 aliphatic heterocycles. The Balaban J connectivity index is 1.89. The lowest BCUT2D eigenvalue weighted by Crippen LogP contribution is -2.60. The highest BCUT2D eigenvalue weighted by Crippen LogP contribution is 2.24. The topological polar surface area (TPSA) is 175 Å². The van der Waals surface area contributed by atoms with Crippen LogP contribution in [0.3, 0.4) is 0 Å². The predicted molar refractivity (Wildman–Crippen MR) is 389 cm³/mol. The van der Waals surface area contributed by atoms with E-state index in [9.17, 15) is 35.1 Å². The second kappa shape index (κ2) is 69.7. The number of allylic oxidation sites excluding steroid dienone is 9. The van der Waals surface area contributed by atoms with Crippen LogP contribution < -0.4 is 5.32 Å². The Bertz CT molecular complexity index is 1710. The molecule has 11 nitrogen and oxygen atoms in total. The molecule has 0 saturated carbocycles. The average Bonchev–Trinajstić information content (AvgIpc) is 1.02. The second-order valence-corrected chi connectivity index (χ2v) is 27.4. The van der Waals surface area contributed by atoms with Crippen LogP contribution in [0.4, 0.5) is 0 Å². The highest BCUT2D eigenvalue weighted by Gasteiger charge is 2.44. The number of esters is 1. The third-order valence-electron chi connectivity index (χ3n) is 18.6. The molecule has 1 fully saturated rings. The van der Waals surface area contributed by atoms with Gasteiger partial charge in [-0.05, 0) is 103 Å². The van der Waals surface area contributed by atoms with Gasteiger partial charge in [0.15, 0.2) is 6.29 Å². The van der Waals surface area contributed by atoms with E-state index in [1.54, 1.807) is 6.08 Å². The first-order valence-corrected chi connectivity index (χ1v) is 39.6. The minimum Gasteiger partial charge on any atom is -0.466 e. The smallest absolute Gasteiger partial charge is 0.305 e. The fourth-order valence-corrected chi connectivity index (χ4v) is 12.4. The molecular weight excluding hydrogens is 1150 g/mol. The number of carbonyl (C=O) groups is 2. The van der Waals surface area contributed by atoms with Crippen LogP contribution in [0.15, 0.2) is 60.8 Å². The largest absolute Gasteiger partial charge is 0.466 e. The summed E-state index contributed by atoms with van der Waals surface area (Å²) in [6.07, 6.45) is 84.1. The maximum atomic E-state index is 13.1. The fourth-order valence-electron chi connectivity index (χ4n) is 12.4. The predicted octanol–water partition coefficient (Wildman–Crippen LogP) is 21.2. The van der Waals surface area contributed by atoms with E-state index in [0.29, 0.717) is 19.4 Å². The molecule has 7 unspecified atom stereocenters. The maximum absolute atomic E-state index is 13.1. The lowest BCUT2D eigenvalue weighted by atomic mass is 9.99. The van der Waals surface area contributed by atoms with Crippen molar-refractivity contribution >= 4 is 11.9 Å². The molecular formula is C81H149NO10. The molecule has 0 spiro atoms. The van der Waals surface area contributed by atoms with Gasteiger partial charge in [-0.1, -0.05) is 325 Å². The maximum Gasteiger partial charge on any atom is 0.305 e. The minimum atomic E-state index is -1.58. The summed E-state index contributed by atoms with van der Waals surface area (Å²) in [6, 6.07) is -0.825. The normalized spacial score (nSPS) is 17.8. The summed E-state index contributed by atoms with van der Waals surface area (Å²) in [7, 11) is 0. The van der Waals surface area contributed by atoms with Crippen LogP contribution in [0.1, 0.15) is 380 Å². The molecule has 0 aromatic carbocycles.